The summed E-state index contributed by atoms with van der Waals surface area (Å²) in [5.41, 5.74) is 6.82. The number of rotatable bonds is 10. The van der Waals surface area contributed by atoms with Gasteiger partial charge in [0.05, 0.1) is 20.8 Å². The number of nitro benzene ring substituents is 1. The number of nitrogens with one attached hydrogen (secondary N) is 1. The molecule has 2 atom stereocenters. The lowest BCUT2D eigenvalue weighted by Crippen LogP contribution is -2.54. The van der Waals surface area contributed by atoms with Gasteiger partial charge < -0.3 is 14.4 Å². The second kappa shape index (κ2) is 15.6. The van der Waals surface area contributed by atoms with E-state index in [1.54, 1.807) is 24.3 Å². The van der Waals surface area contributed by atoms with E-state index in [0.717, 1.165) is 58.8 Å². The molecule has 11 nitrogen and oxygen atoms in total. The van der Waals surface area contributed by atoms with Gasteiger partial charge in [0, 0.05) is 42.7 Å². The van der Waals surface area contributed by atoms with Crippen molar-refractivity contribution in [1.29, 1.82) is 0 Å². The van der Waals surface area contributed by atoms with Crippen molar-refractivity contribution >= 4 is 63.6 Å². The van der Waals surface area contributed by atoms with Crippen molar-refractivity contribution < 1.29 is 28.8 Å². The quantitative estimate of drug-likeness (QED) is 0.0485. The van der Waals surface area contributed by atoms with Gasteiger partial charge in [-0.2, -0.15) is 0 Å². The van der Waals surface area contributed by atoms with E-state index in [1.807, 2.05) is 55.5 Å². The first-order valence-corrected chi connectivity index (χ1v) is 19.5. The van der Waals surface area contributed by atoms with Crippen LogP contribution in [-0.4, -0.2) is 42.5 Å². The monoisotopic (exact) mass is 860 g/mol. The number of imide groups is 2. The van der Waals surface area contributed by atoms with Crippen LogP contribution in [0.15, 0.2) is 115 Å². The first-order valence-electron chi connectivity index (χ1n) is 18.5. The van der Waals surface area contributed by atoms with Crippen LogP contribution in [0.1, 0.15) is 65.0 Å². The van der Waals surface area contributed by atoms with Crippen molar-refractivity contribution in [3.05, 3.63) is 162 Å². The highest BCUT2D eigenvalue weighted by molar-refractivity contribution is 14.1. The van der Waals surface area contributed by atoms with Gasteiger partial charge >= 0.3 is 6.03 Å². The summed E-state index contributed by atoms with van der Waals surface area (Å²) in [5.74, 6) is -0.661. The van der Waals surface area contributed by atoms with Crippen LogP contribution in [-0.2, 0) is 16.2 Å². The molecule has 282 valence electrons. The molecule has 56 heavy (non-hydrogen) atoms. The fourth-order valence-electron chi connectivity index (χ4n) is 8.02. The molecule has 1 N–H and O–H groups in total. The third-order valence-electron chi connectivity index (χ3n) is 10.5. The predicted molar refractivity (Wildman–Crippen MR) is 221 cm³/mol. The largest absolute Gasteiger partial charge is 0.490 e. The first-order chi connectivity index (χ1) is 27.2. The second-order valence-electron chi connectivity index (χ2n) is 13.9. The smallest absolute Gasteiger partial charge is 0.335 e. The molecule has 5 aromatic carbocycles. The Morgan fingerprint density at radius 1 is 0.839 bits per heavy atom. The van der Waals surface area contributed by atoms with E-state index >= 15 is 0 Å². The van der Waals surface area contributed by atoms with Crippen molar-refractivity contribution in [2.24, 2.45) is 0 Å². The molecule has 3 aliphatic rings. The van der Waals surface area contributed by atoms with Gasteiger partial charge in [-0.3, -0.25) is 25.0 Å². The third kappa shape index (κ3) is 7.12. The zero-order valence-electron chi connectivity index (χ0n) is 30.4. The number of hydrogen-bond donors (Lipinski definition) is 1. The Morgan fingerprint density at radius 2 is 1.48 bits per heavy atom. The van der Waals surface area contributed by atoms with Gasteiger partial charge in [-0.25, -0.2) is 9.69 Å². The van der Waals surface area contributed by atoms with E-state index in [-0.39, 0.29) is 29.7 Å². The number of carbonyl (C=O) groups excluding carboxylic acids is 3. The Kier molecular flexibility index (Phi) is 10.3. The maximum absolute atomic E-state index is 14.5. The number of benzene rings is 5. The number of anilines is 2. The molecule has 12 heteroatoms. The number of halogens is 1. The minimum absolute atomic E-state index is 0.0421. The molecule has 0 unspecified atom stereocenters. The van der Waals surface area contributed by atoms with Gasteiger partial charge in [-0.05, 0) is 106 Å². The summed E-state index contributed by atoms with van der Waals surface area (Å²) < 4.78 is 12.6. The molecule has 0 saturated carbocycles. The Balaban J connectivity index is 1.17. The first kappa shape index (κ1) is 36.9. The topological polar surface area (TPSA) is 131 Å². The average molecular weight is 861 g/mol. The Morgan fingerprint density at radius 3 is 2.09 bits per heavy atom. The number of barbiturate groups is 1. The molecule has 5 aromatic rings. The van der Waals surface area contributed by atoms with E-state index in [2.05, 4.69) is 57.1 Å². The molecule has 1 fully saturated rings. The summed E-state index contributed by atoms with van der Waals surface area (Å²) in [6.07, 6.45) is 3.22. The molecular formula is C44H37IN4O7. The summed E-state index contributed by atoms with van der Waals surface area (Å²) in [7, 11) is 0. The van der Waals surface area contributed by atoms with E-state index in [9.17, 15) is 24.5 Å². The lowest BCUT2D eigenvalue weighted by Gasteiger charge is -2.44. The maximum atomic E-state index is 14.5. The molecule has 0 aliphatic carbocycles. The van der Waals surface area contributed by atoms with Gasteiger partial charge in [-0.1, -0.05) is 72.8 Å². The van der Waals surface area contributed by atoms with Crippen molar-refractivity contribution in [3.8, 4) is 11.5 Å². The van der Waals surface area contributed by atoms with Crippen molar-refractivity contribution in [2.45, 2.75) is 38.2 Å². The molecule has 1 saturated heterocycles. The van der Waals surface area contributed by atoms with Crippen molar-refractivity contribution in [2.75, 3.05) is 29.5 Å². The summed E-state index contributed by atoms with van der Waals surface area (Å²) in [5, 5.41) is 13.7. The van der Waals surface area contributed by atoms with Crippen LogP contribution < -0.4 is 24.6 Å². The molecule has 8 rings (SSSR count). The van der Waals surface area contributed by atoms with Gasteiger partial charge in [0.25, 0.3) is 17.5 Å². The standard InChI is InChI=1S/C44H37IN4O7/c1-2-55-39-23-28(22-38(45)41(39)56-26-27-10-9-15-31(20-27)49(53)54)21-37-42(50)46-44(52)48(43(37)51)32-24-35-33(29-11-5-3-6-12-29)16-18-47-19-17-34(36(25-32)40(35)47)30-13-7-4-8-14-30/h3-15,20-25,33-34H,2,16-19,26H2,1H3,(H,46,50,52)/b37-21+/t33-,34-/m0/s1. The fraction of sp³-hybridized carbons (Fsp3) is 0.205. The van der Waals surface area contributed by atoms with E-state index in [4.69, 9.17) is 9.47 Å². The number of nitrogens with zero attached hydrogens (tertiary/aromatic N) is 3. The predicted octanol–water partition coefficient (Wildman–Crippen LogP) is 8.72. The van der Waals surface area contributed by atoms with Gasteiger partial charge in [0.1, 0.15) is 12.2 Å². The maximum Gasteiger partial charge on any atom is 0.335 e. The number of non-ortho nitro benzene ring substituents is 1. The molecule has 3 aliphatic heterocycles. The minimum atomic E-state index is -0.810. The number of nitro groups is 1. The Labute approximate surface area is 337 Å². The summed E-state index contributed by atoms with van der Waals surface area (Å²) in [4.78, 5) is 55.9. The summed E-state index contributed by atoms with van der Waals surface area (Å²) in [6, 6.07) is 33.3. The summed E-state index contributed by atoms with van der Waals surface area (Å²) >= 11 is 2.08. The number of carbonyl (C=O) groups is 3. The number of urea groups is 1. The number of hydrogen-bond acceptors (Lipinski definition) is 8. The second-order valence-corrected chi connectivity index (χ2v) is 15.1. The molecule has 3 heterocycles. The zero-order chi connectivity index (χ0) is 38.9. The summed E-state index contributed by atoms with van der Waals surface area (Å²) in [6.45, 7) is 3.96. The normalized spacial score (nSPS) is 18.4. The lowest BCUT2D eigenvalue weighted by molar-refractivity contribution is -0.384. The molecule has 0 aromatic heterocycles. The Bertz CT molecular complexity index is 2330. The lowest BCUT2D eigenvalue weighted by atomic mass is 9.76. The molecule has 0 bridgehead atoms. The highest BCUT2D eigenvalue weighted by Gasteiger charge is 2.40. The van der Waals surface area contributed by atoms with E-state index in [1.165, 1.54) is 18.2 Å². The van der Waals surface area contributed by atoms with Gasteiger partial charge in [0.15, 0.2) is 11.5 Å². The van der Waals surface area contributed by atoms with Crippen LogP contribution >= 0.6 is 22.6 Å². The molecule has 0 radical (unpaired) electrons. The third-order valence-corrected chi connectivity index (χ3v) is 11.3. The highest BCUT2D eigenvalue weighted by Crippen LogP contribution is 2.50. The zero-order valence-corrected chi connectivity index (χ0v) is 32.6. The van der Waals surface area contributed by atoms with Crippen LogP contribution in [0, 0.1) is 13.7 Å². The molecular weight excluding hydrogens is 823 g/mol. The Hall–Kier alpha value is -6.02. The fourth-order valence-corrected chi connectivity index (χ4v) is 8.80. The molecule has 0 spiro atoms. The van der Waals surface area contributed by atoms with E-state index < -0.39 is 22.8 Å². The van der Waals surface area contributed by atoms with Crippen LogP contribution in [0.5, 0.6) is 11.5 Å². The van der Waals surface area contributed by atoms with Gasteiger partial charge in [0.2, 0.25) is 0 Å². The van der Waals surface area contributed by atoms with Crippen molar-refractivity contribution in [3.63, 3.8) is 0 Å². The average Bonchev–Trinajstić information content (AvgIpc) is 3.20. The van der Waals surface area contributed by atoms with E-state index in [0.29, 0.717) is 38.5 Å². The van der Waals surface area contributed by atoms with Crippen LogP contribution in [0.25, 0.3) is 6.08 Å². The van der Waals surface area contributed by atoms with Crippen LogP contribution in [0.3, 0.4) is 0 Å². The minimum Gasteiger partial charge on any atom is -0.490 e. The number of amides is 4. The van der Waals surface area contributed by atoms with Crippen LogP contribution in [0.2, 0.25) is 0 Å². The SMILES string of the molecule is CCOc1cc(/C=C2\C(=O)NC(=O)N(c3cc4c5c(c3)[C@H](c3ccccc3)CCN5CC[C@H]4c3ccccc3)C2=O)cc(I)c1OCc1cccc([N+](=O)[O-])c1. The van der Waals surface area contributed by atoms with Gasteiger partial charge in [-0.15, -0.1) is 0 Å². The highest BCUT2D eigenvalue weighted by atomic mass is 127. The van der Waals surface area contributed by atoms with Crippen molar-refractivity contribution in [1.82, 2.24) is 5.32 Å². The molecule has 4 amide bonds. The van der Waals surface area contributed by atoms with Crippen LogP contribution in [0.4, 0.5) is 21.9 Å². The number of ether oxygens (including phenoxy) is 2.